The molecule has 1 saturated heterocycles. The Kier molecular flexibility index (Phi) is 3.50. The lowest BCUT2D eigenvalue weighted by molar-refractivity contribution is 0.0665. The summed E-state index contributed by atoms with van der Waals surface area (Å²) in [5, 5.41) is 15.8. The van der Waals surface area contributed by atoms with Gasteiger partial charge in [-0.05, 0) is 25.3 Å². The fourth-order valence-electron chi connectivity index (χ4n) is 2.28. The zero-order valence-electron chi connectivity index (χ0n) is 10.3. The molecule has 2 rings (SSSR count). The van der Waals surface area contributed by atoms with Crippen LogP contribution in [-0.4, -0.2) is 44.2 Å². The van der Waals surface area contributed by atoms with E-state index in [9.17, 15) is 4.79 Å². The molecule has 0 radical (unpaired) electrons. The van der Waals surface area contributed by atoms with Crippen LogP contribution in [0.5, 0.6) is 0 Å². The predicted molar refractivity (Wildman–Crippen MR) is 65.3 cm³/mol. The number of carbonyl (C=O) groups is 1. The molecule has 0 saturated carbocycles. The highest BCUT2D eigenvalue weighted by atomic mass is 16.4. The Labute approximate surface area is 105 Å². The zero-order chi connectivity index (χ0) is 13.1. The molecule has 0 spiro atoms. The summed E-state index contributed by atoms with van der Waals surface area (Å²) in [6.07, 6.45) is 4.20. The molecule has 18 heavy (non-hydrogen) atoms. The number of rotatable bonds is 2. The average Bonchev–Trinajstić information content (AvgIpc) is 2.83. The lowest BCUT2D eigenvalue weighted by Gasteiger charge is -2.34. The second-order valence-corrected chi connectivity index (χ2v) is 4.38. The first-order valence-electron chi connectivity index (χ1n) is 5.91. The van der Waals surface area contributed by atoms with Crippen LogP contribution in [0.3, 0.4) is 0 Å². The summed E-state index contributed by atoms with van der Waals surface area (Å²) in [5.74, 6) is -0.0449. The Morgan fingerprint density at radius 1 is 1.61 bits per heavy atom. The van der Waals surface area contributed by atoms with Crippen molar-refractivity contribution in [3.05, 3.63) is 18.0 Å². The van der Waals surface area contributed by atoms with E-state index in [0.29, 0.717) is 12.2 Å². The van der Waals surface area contributed by atoms with Crippen molar-refractivity contribution in [2.75, 3.05) is 6.54 Å². The molecular weight excluding hydrogens is 234 g/mol. The van der Waals surface area contributed by atoms with E-state index < -0.39 is 0 Å². The smallest absolute Gasteiger partial charge is 0.272 e. The number of likely N-dealkylation sites (tertiary alicyclic amines) is 1. The third-order valence-corrected chi connectivity index (χ3v) is 3.26. The van der Waals surface area contributed by atoms with Crippen LogP contribution in [-0.2, 0) is 7.05 Å². The van der Waals surface area contributed by atoms with Crippen LogP contribution in [0, 0.1) is 0 Å². The number of aryl methyl sites for hydroxylation is 1. The maximum absolute atomic E-state index is 12.4. The van der Waals surface area contributed by atoms with E-state index >= 15 is 0 Å². The molecule has 1 aliphatic rings. The van der Waals surface area contributed by atoms with Gasteiger partial charge in [-0.3, -0.25) is 9.48 Å². The molecule has 0 aromatic carbocycles. The van der Waals surface area contributed by atoms with Gasteiger partial charge >= 0.3 is 0 Å². The zero-order valence-corrected chi connectivity index (χ0v) is 10.3. The standard InChI is InChI=1S/C11H17N5O2/c1-15-9(5-6-13-15)11(17)16-7-3-2-4-8(16)10(12)14-18/h5-6,8,18H,2-4,7H2,1H3,(H2,12,14). The number of amides is 1. The third-order valence-electron chi connectivity index (χ3n) is 3.26. The normalized spacial score (nSPS) is 21.1. The number of nitrogens with zero attached hydrogens (tertiary/aromatic N) is 4. The molecule has 0 bridgehead atoms. The summed E-state index contributed by atoms with van der Waals surface area (Å²) >= 11 is 0. The van der Waals surface area contributed by atoms with Crippen LogP contribution in [0.25, 0.3) is 0 Å². The molecule has 0 aliphatic carbocycles. The second-order valence-electron chi connectivity index (χ2n) is 4.38. The minimum Gasteiger partial charge on any atom is -0.409 e. The monoisotopic (exact) mass is 251 g/mol. The van der Waals surface area contributed by atoms with Crippen molar-refractivity contribution >= 4 is 11.7 Å². The minimum atomic E-state index is -0.328. The molecule has 1 aromatic rings. The van der Waals surface area contributed by atoms with E-state index in [1.165, 1.54) is 4.68 Å². The summed E-state index contributed by atoms with van der Waals surface area (Å²) in [4.78, 5) is 14.0. The fraction of sp³-hybridized carbons (Fsp3) is 0.545. The number of carbonyl (C=O) groups excluding carboxylic acids is 1. The van der Waals surface area contributed by atoms with E-state index in [1.807, 2.05) is 0 Å². The summed E-state index contributed by atoms with van der Waals surface area (Å²) in [6.45, 7) is 0.616. The van der Waals surface area contributed by atoms with Gasteiger partial charge in [0.2, 0.25) is 0 Å². The summed E-state index contributed by atoms with van der Waals surface area (Å²) in [5.41, 5.74) is 6.16. The highest BCUT2D eigenvalue weighted by Gasteiger charge is 2.31. The maximum atomic E-state index is 12.4. The highest BCUT2D eigenvalue weighted by Crippen LogP contribution is 2.19. The number of amidine groups is 1. The first kappa shape index (κ1) is 12.4. The number of nitrogens with two attached hydrogens (primary N) is 1. The minimum absolute atomic E-state index is 0.0882. The Hall–Kier alpha value is -2.05. The Morgan fingerprint density at radius 3 is 3.00 bits per heavy atom. The van der Waals surface area contributed by atoms with Crippen LogP contribution in [0.15, 0.2) is 17.4 Å². The molecule has 3 N–H and O–H groups in total. The number of aromatic nitrogens is 2. The van der Waals surface area contributed by atoms with Gasteiger partial charge < -0.3 is 15.8 Å². The van der Waals surface area contributed by atoms with E-state index in [1.54, 1.807) is 24.2 Å². The van der Waals surface area contributed by atoms with Crippen LogP contribution < -0.4 is 5.73 Å². The number of piperidine rings is 1. The first-order valence-corrected chi connectivity index (χ1v) is 5.91. The Morgan fingerprint density at radius 2 is 2.39 bits per heavy atom. The maximum Gasteiger partial charge on any atom is 0.272 e. The highest BCUT2D eigenvalue weighted by molar-refractivity contribution is 5.97. The summed E-state index contributed by atoms with van der Waals surface area (Å²) < 4.78 is 1.53. The topological polar surface area (TPSA) is 96.7 Å². The van der Waals surface area contributed by atoms with E-state index in [0.717, 1.165) is 19.3 Å². The van der Waals surface area contributed by atoms with Crippen LogP contribution >= 0.6 is 0 Å². The molecule has 1 aliphatic heterocycles. The lowest BCUT2D eigenvalue weighted by atomic mass is 10.0. The molecule has 98 valence electrons. The summed E-state index contributed by atoms with van der Waals surface area (Å²) in [7, 11) is 1.72. The van der Waals surface area contributed by atoms with Gasteiger partial charge in [-0.1, -0.05) is 5.16 Å². The molecule has 2 heterocycles. The third kappa shape index (κ3) is 2.15. The van der Waals surface area contributed by atoms with Gasteiger partial charge in [0.25, 0.3) is 5.91 Å². The van der Waals surface area contributed by atoms with Gasteiger partial charge in [0.15, 0.2) is 5.84 Å². The second kappa shape index (κ2) is 5.07. The van der Waals surface area contributed by atoms with Gasteiger partial charge in [0.05, 0.1) is 6.04 Å². The van der Waals surface area contributed by atoms with Crippen molar-refractivity contribution in [2.24, 2.45) is 17.9 Å². The van der Waals surface area contributed by atoms with Crippen molar-refractivity contribution in [3.63, 3.8) is 0 Å². The van der Waals surface area contributed by atoms with Crippen molar-refractivity contribution in [1.82, 2.24) is 14.7 Å². The molecule has 7 heteroatoms. The van der Waals surface area contributed by atoms with Crippen LogP contribution in [0.4, 0.5) is 0 Å². The van der Waals surface area contributed by atoms with Gasteiger partial charge in [0.1, 0.15) is 5.69 Å². The number of oxime groups is 1. The van der Waals surface area contributed by atoms with Gasteiger partial charge in [-0.2, -0.15) is 5.10 Å². The average molecular weight is 251 g/mol. The van der Waals surface area contributed by atoms with Crippen molar-refractivity contribution in [1.29, 1.82) is 0 Å². The van der Waals surface area contributed by atoms with Crippen LogP contribution in [0.1, 0.15) is 29.8 Å². The molecule has 7 nitrogen and oxygen atoms in total. The van der Waals surface area contributed by atoms with Crippen molar-refractivity contribution in [3.8, 4) is 0 Å². The molecular formula is C11H17N5O2. The van der Waals surface area contributed by atoms with Gasteiger partial charge in [-0.15, -0.1) is 0 Å². The van der Waals surface area contributed by atoms with E-state index in [4.69, 9.17) is 10.9 Å². The van der Waals surface area contributed by atoms with E-state index in [2.05, 4.69) is 10.3 Å². The molecule has 1 fully saturated rings. The molecule has 1 unspecified atom stereocenters. The van der Waals surface area contributed by atoms with Crippen molar-refractivity contribution < 1.29 is 10.0 Å². The van der Waals surface area contributed by atoms with Gasteiger partial charge in [0, 0.05) is 19.8 Å². The molecule has 1 atom stereocenters. The largest absolute Gasteiger partial charge is 0.409 e. The van der Waals surface area contributed by atoms with Gasteiger partial charge in [-0.25, -0.2) is 0 Å². The number of hydrogen-bond donors (Lipinski definition) is 2. The van der Waals surface area contributed by atoms with Crippen LogP contribution in [0.2, 0.25) is 0 Å². The Balaban J connectivity index is 2.24. The summed E-state index contributed by atoms with van der Waals surface area (Å²) in [6, 6.07) is 1.34. The molecule has 1 aromatic heterocycles. The Bertz CT molecular complexity index is 468. The quantitative estimate of drug-likeness (QED) is 0.338. The molecule has 1 amide bonds. The SMILES string of the molecule is Cn1nccc1C(=O)N1CCCCC1C(N)=NO. The first-order chi connectivity index (χ1) is 8.65. The predicted octanol–water partition coefficient (Wildman–Crippen LogP) is 0.161. The fourth-order valence-corrected chi connectivity index (χ4v) is 2.28. The van der Waals surface area contributed by atoms with Crippen molar-refractivity contribution in [2.45, 2.75) is 25.3 Å². The number of hydrogen-bond acceptors (Lipinski definition) is 4. The van der Waals surface area contributed by atoms with E-state index in [-0.39, 0.29) is 17.8 Å². The lowest BCUT2D eigenvalue weighted by Crippen LogP contribution is -2.50.